The first-order valence-corrected chi connectivity index (χ1v) is 8.52. The average molecular weight is 340 g/mol. The smallest absolute Gasteiger partial charge is 0.228 e. The van der Waals surface area contributed by atoms with E-state index in [2.05, 4.69) is 27.5 Å². The Morgan fingerprint density at radius 1 is 1.00 bits per heavy atom. The lowest BCUT2D eigenvalue weighted by Crippen LogP contribution is -2.14. The second-order valence-electron chi connectivity index (χ2n) is 5.42. The molecule has 3 rings (SSSR count). The van der Waals surface area contributed by atoms with Crippen molar-refractivity contribution in [2.45, 2.75) is 13.0 Å². The third-order valence-electron chi connectivity index (χ3n) is 3.50. The van der Waals surface area contributed by atoms with Crippen molar-refractivity contribution >= 4 is 28.6 Å². The Labute approximate surface area is 144 Å². The molecule has 0 aliphatic carbocycles. The Balaban J connectivity index is 1.52. The molecule has 1 aromatic heterocycles. The van der Waals surface area contributed by atoms with Crippen LogP contribution in [0.4, 0.5) is 15.8 Å². The maximum absolute atomic E-state index is 13.1. The molecule has 0 spiro atoms. The molecule has 1 amide bonds. The Morgan fingerprint density at radius 3 is 2.54 bits per heavy atom. The summed E-state index contributed by atoms with van der Waals surface area (Å²) in [4.78, 5) is 12.0. The minimum absolute atomic E-state index is 0.167. The van der Waals surface area contributed by atoms with Gasteiger partial charge in [-0.25, -0.2) is 4.39 Å². The topological polar surface area (TPSA) is 41.1 Å². The summed E-state index contributed by atoms with van der Waals surface area (Å²) in [5, 5.41) is 10.2. The molecule has 0 saturated heterocycles. The van der Waals surface area contributed by atoms with E-state index in [1.54, 1.807) is 23.5 Å². The van der Waals surface area contributed by atoms with Crippen LogP contribution in [0.1, 0.15) is 11.1 Å². The van der Waals surface area contributed by atoms with E-state index in [-0.39, 0.29) is 18.1 Å². The largest absolute Gasteiger partial charge is 0.381 e. The number of rotatable bonds is 6. The van der Waals surface area contributed by atoms with Crippen LogP contribution in [0.3, 0.4) is 0 Å². The summed E-state index contributed by atoms with van der Waals surface area (Å²) in [6, 6.07) is 15.7. The van der Waals surface area contributed by atoms with Gasteiger partial charge in [-0.1, -0.05) is 18.2 Å². The summed E-state index contributed by atoms with van der Waals surface area (Å²) in [6.45, 7) is 0.781. The molecule has 3 nitrogen and oxygen atoms in total. The van der Waals surface area contributed by atoms with E-state index in [0.29, 0.717) is 5.69 Å². The number of hydrogen-bond acceptors (Lipinski definition) is 3. The molecule has 3 aromatic rings. The molecule has 2 aromatic carbocycles. The minimum atomic E-state index is -0.367. The Kier molecular flexibility index (Phi) is 5.23. The van der Waals surface area contributed by atoms with Crippen LogP contribution in [0.15, 0.2) is 65.4 Å². The van der Waals surface area contributed by atoms with E-state index in [1.165, 1.54) is 17.7 Å². The first-order chi connectivity index (χ1) is 11.7. The normalized spacial score (nSPS) is 10.4. The fraction of sp³-hybridized carbons (Fsp3) is 0.105. The molecular weight excluding hydrogens is 323 g/mol. The van der Waals surface area contributed by atoms with E-state index in [4.69, 9.17) is 0 Å². The van der Waals surface area contributed by atoms with Crippen molar-refractivity contribution < 1.29 is 9.18 Å². The summed E-state index contributed by atoms with van der Waals surface area (Å²) in [5.41, 5.74) is 3.63. The number of nitrogens with one attached hydrogen (secondary N) is 2. The summed E-state index contributed by atoms with van der Waals surface area (Å²) in [7, 11) is 0. The molecule has 0 atom stereocenters. The molecule has 0 aliphatic heterocycles. The van der Waals surface area contributed by atoms with Crippen LogP contribution in [0, 0.1) is 5.82 Å². The zero-order valence-electron chi connectivity index (χ0n) is 13.0. The number of anilines is 2. The monoisotopic (exact) mass is 340 g/mol. The Bertz CT molecular complexity index is 800. The van der Waals surface area contributed by atoms with Gasteiger partial charge in [0.05, 0.1) is 6.42 Å². The molecule has 24 heavy (non-hydrogen) atoms. The number of carbonyl (C=O) groups excluding carboxylic acids is 1. The molecule has 1 heterocycles. The van der Waals surface area contributed by atoms with Gasteiger partial charge in [-0.05, 0) is 58.3 Å². The quantitative estimate of drug-likeness (QED) is 0.684. The summed E-state index contributed by atoms with van der Waals surface area (Å²) in [6.07, 6.45) is 0.251. The first-order valence-electron chi connectivity index (χ1n) is 7.58. The van der Waals surface area contributed by atoms with Gasteiger partial charge in [-0.3, -0.25) is 4.79 Å². The van der Waals surface area contributed by atoms with Gasteiger partial charge in [-0.2, -0.15) is 11.3 Å². The maximum atomic E-state index is 13.1. The van der Waals surface area contributed by atoms with Gasteiger partial charge < -0.3 is 10.6 Å². The lowest BCUT2D eigenvalue weighted by molar-refractivity contribution is -0.115. The highest BCUT2D eigenvalue weighted by atomic mass is 32.1. The zero-order chi connectivity index (χ0) is 16.8. The van der Waals surface area contributed by atoms with Crippen molar-refractivity contribution in [3.05, 3.63) is 82.3 Å². The first kappa shape index (κ1) is 16.2. The molecule has 0 unspecified atom stereocenters. The van der Waals surface area contributed by atoms with Crippen LogP contribution in [0.25, 0.3) is 0 Å². The number of benzene rings is 2. The fourth-order valence-corrected chi connectivity index (χ4v) is 2.96. The van der Waals surface area contributed by atoms with Crippen molar-refractivity contribution in [3.8, 4) is 0 Å². The van der Waals surface area contributed by atoms with Crippen molar-refractivity contribution in [1.82, 2.24) is 0 Å². The Morgan fingerprint density at radius 2 is 1.83 bits per heavy atom. The van der Waals surface area contributed by atoms with Gasteiger partial charge in [0.2, 0.25) is 5.91 Å². The molecule has 5 heteroatoms. The third-order valence-corrected chi connectivity index (χ3v) is 4.24. The van der Waals surface area contributed by atoms with Gasteiger partial charge >= 0.3 is 0 Å². The number of hydrogen-bond donors (Lipinski definition) is 2. The highest BCUT2D eigenvalue weighted by Crippen LogP contribution is 2.14. The van der Waals surface area contributed by atoms with Crippen LogP contribution in [0.2, 0.25) is 0 Å². The van der Waals surface area contributed by atoms with Gasteiger partial charge in [0.1, 0.15) is 5.82 Å². The van der Waals surface area contributed by atoms with Gasteiger partial charge in [0.25, 0.3) is 0 Å². The van der Waals surface area contributed by atoms with E-state index in [1.807, 2.05) is 24.3 Å². The summed E-state index contributed by atoms with van der Waals surface area (Å²) < 4.78 is 13.1. The molecular formula is C19H17FN2OS. The minimum Gasteiger partial charge on any atom is -0.381 e. The average Bonchev–Trinajstić information content (AvgIpc) is 3.07. The molecule has 122 valence electrons. The molecule has 0 radical (unpaired) electrons. The van der Waals surface area contributed by atoms with Crippen molar-refractivity contribution in [3.63, 3.8) is 0 Å². The number of carbonyl (C=O) groups is 1. The third kappa shape index (κ3) is 4.67. The van der Waals surface area contributed by atoms with Gasteiger partial charge in [0, 0.05) is 17.9 Å². The van der Waals surface area contributed by atoms with E-state index in [0.717, 1.165) is 17.8 Å². The standard InChI is InChI=1S/C19H17FN2OS/c20-16-2-1-3-18(11-16)22-19(23)10-14-4-6-17(7-5-14)21-12-15-8-9-24-13-15/h1-9,11,13,21H,10,12H2,(H,22,23). The van der Waals surface area contributed by atoms with Crippen LogP contribution < -0.4 is 10.6 Å². The number of amides is 1. The van der Waals surface area contributed by atoms with Crippen LogP contribution in [-0.4, -0.2) is 5.91 Å². The predicted octanol–water partition coefficient (Wildman–Crippen LogP) is 4.68. The Hall–Kier alpha value is -2.66. The summed E-state index contributed by atoms with van der Waals surface area (Å²) >= 11 is 1.68. The maximum Gasteiger partial charge on any atom is 0.228 e. The molecule has 0 bridgehead atoms. The van der Waals surface area contributed by atoms with Crippen molar-refractivity contribution in [2.75, 3.05) is 10.6 Å². The second kappa shape index (κ2) is 7.75. The SMILES string of the molecule is O=C(Cc1ccc(NCc2ccsc2)cc1)Nc1cccc(F)c1. The predicted molar refractivity (Wildman–Crippen MR) is 96.8 cm³/mol. The number of halogens is 1. The van der Waals surface area contributed by atoms with Gasteiger partial charge in [0.15, 0.2) is 0 Å². The summed E-state index contributed by atoms with van der Waals surface area (Å²) in [5.74, 6) is -0.534. The number of thiophene rings is 1. The fourth-order valence-electron chi connectivity index (χ4n) is 2.29. The van der Waals surface area contributed by atoms with Crippen LogP contribution in [0.5, 0.6) is 0 Å². The lowest BCUT2D eigenvalue weighted by Gasteiger charge is -2.08. The van der Waals surface area contributed by atoms with Gasteiger partial charge in [-0.15, -0.1) is 0 Å². The van der Waals surface area contributed by atoms with Crippen LogP contribution >= 0.6 is 11.3 Å². The van der Waals surface area contributed by atoms with Crippen LogP contribution in [-0.2, 0) is 17.8 Å². The molecule has 2 N–H and O–H groups in total. The van der Waals surface area contributed by atoms with E-state index < -0.39 is 0 Å². The van der Waals surface area contributed by atoms with E-state index in [9.17, 15) is 9.18 Å². The molecule has 0 fully saturated rings. The second-order valence-corrected chi connectivity index (χ2v) is 6.20. The molecule has 0 aliphatic rings. The zero-order valence-corrected chi connectivity index (χ0v) is 13.8. The highest BCUT2D eigenvalue weighted by Gasteiger charge is 2.05. The molecule has 0 saturated carbocycles. The lowest BCUT2D eigenvalue weighted by atomic mass is 10.1. The highest BCUT2D eigenvalue weighted by molar-refractivity contribution is 7.07. The van der Waals surface area contributed by atoms with Crippen molar-refractivity contribution in [1.29, 1.82) is 0 Å². The van der Waals surface area contributed by atoms with E-state index >= 15 is 0 Å². The van der Waals surface area contributed by atoms with Crippen molar-refractivity contribution in [2.24, 2.45) is 0 Å².